The summed E-state index contributed by atoms with van der Waals surface area (Å²) in [5, 5.41) is 0. The van der Waals surface area contributed by atoms with Crippen LogP contribution in [0.25, 0.3) is 0 Å². The van der Waals surface area contributed by atoms with Gasteiger partial charge < -0.3 is 10.6 Å². The predicted molar refractivity (Wildman–Crippen MR) is 73.5 cm³/mol. The maximum Gasteiger partial charge on any atom is 0.401 e. The lowest BCUT2D eigenvalue weighted by Gasteiger charge is -2.37. The zero-order chi connectivity index (χ0) is 14.6. The fraction of sp³-hybridized carbons (Fsp3) is 1.00. The highest BCUT2D eigenvalue weighted by molar-refractivity contribution is 4.82. The molecule has 0 aromatic carbocycles. The van der Waals surface area contributed by atoms with Gasteiger partial charge in [-0.2, -0.15) is 13.2 Å². The summed E-state index contributed by atoms with van der Waals surface area (Å²) in [6, 6.07) is 0.269. The van der Waals surface area contributed by atoms with Crippen molar-refractivity contribution in [1.82, 2.24) is 9.80 Å². The number of piperazine rings is 1. The van der Waals surface area contributed by atoms with Crippen LogP contribution < -0.4 is 5.73 Å². The molecular formula is C14H26F3N3. The summed E-state index contributed by atoms with van der Waals surface area (Å²) < 4.78 is 37.0. The van der Waals surface area contributed by atoms with Crippen molar-refractivity contribution < 1.29 is 13.2 Å². The van der Waals surface area contributed by atoms with Gasteiger partial charge in [0.25, 0.3) is 0 Å². The van der Waals surface area contributed by atoms with Gasteiger partial charge in [-0.1, -0.05) is 19.3 Å². The van der Waals surface area contributed by atoms with E-state index in [1.165, 1.54) is 30.6 Å². The Hall–Kier alpha value is -0.330. The molecule has 1 saturated carbocycles. The summed E-state index contributed by atoms with van der Waals surface area (Å²) in [7, 11) is 0. The molecule has 0 bridgehead atoms. The minimum absolute atomic E-state index is 0.269. The van der Waals surface area contributed by atoms with Crippen molar-refractivity contribution in [1.29, 1.82) is 0 Å². The van der Waals surface area contributed by atoms with Crippen LogP contribution in [0.3, 0.4) is 0 Å². The molecule has 1 saturated heterocycles. The Balaban J connectivity index is 1.73. The monoisotopic (exact) mass is 293 g/mol. The van der Waals surface area contributed by atoms with Gasteiger partial charge in [0, 0.05) is 38.8 Å². The molecule has 0 aromatic heterocycles. The summed E-state index contributed by atoms with van der Waals surface area (Å²) in [5.41, 5.74) is 6.22. The molecule has 118 valence electrons. The molecule has 0 spiro atoms. The average Bonchev–Trinajstić information content (AvgIpc) is 2.56. The van der Waals surface area contributed by atoms with E-state index in [1.807, 2.05) is 0 Å². The zero-order valence-corrected chi connectivity index (χ0v) is 12.0. The lowest BCUT2D eigenvalue weighted by atomic mass is 9.94. The van der Waals surface area contributed by atoms with Gasteiger partial charge in [0.15, 0.2) is 0 Å². The summed E-state index contributed by atoms with van der Waals surface area (Å²) in [4.78, 5) is 3.80. The first-order valence-electron chi connectivity index (χ1n) is 7.71. The average molecular weight is 293 g/mol. The second kappa shape index (κ2) is 7.09. The second-order valence-electron chi connectivity index (χ2n) is 6.25. The lowest BCUT2D eigenvalue weighted by molar-refractivity contribution is -0.149. The number of alkyl halides is 3. The van der Waals surface area contributed by atoms with E-state index in [2.05, 4.69) is 4.90 Å². The summed E-state index contributed by atoms with van der Waals surface area (Å²) in [6.07, 6.45) is 1.92. The van der Waals surface area contributed by atoms with Gasteiger partial charge in [0.1, 0.15) is 0 Å². The van der Waals surface area contributed by atoms with E-state index in [0.717, 1.165) is 26.1 Å². The molecule has 2 atom stereocenters. The topological polar surface area (TPSA) is 32.5 Å². The van der Waals surface area contributed by atoms with E-state index in [-0.39, 0.29) is 6.04 Å². The van der Waals surface area contributed by atoms with Crippen LogP contribution in [0.15, 0.2) is 0 Å². The van der Waals surface area contributed by atoms with Crippen LogP contribution >= 0.6 is 0 Å². The largest absolute Gasteiger partial charge is 0.401 e. The molecule has 2 fully saturated rings. The van der Waals surface area contributed by atoms with Gasteiger partial charge in [-0.05, 0) is 18.8 Å². The van der Waals surface area contributed by atoms with Crippen molar-refractivity contribution in [3.63, 3.8) is 0 Å². The number of nitrogens with two attached hydrogens (primary N) is 1. The van der Waals surface area contributed by atoms with E-state index >= 15 is 0 Å². The van der Waals surface area contributed by atoms with Crippen LogP contribution in [-0.2, 0) is 0 Å². The SMILES string of the molecule is NC1CCCCCC1CN1CCN(CC(F)(F)F)CC1. The van der Waals surface area contributed by atoms with Crippen LogP contribution in [0, 0.1) is 5.92 Å². The highest BCUT2D eigenvalue weighted by Crippen LogP contribution is 2.24. The third-order valence-corrected chi connectivity index (χ3v) is 4.58. The van der Waals surface area contributed by atoms with E-state index in [0.29, 0.717) is 19.0 Å². The maximum absolute atomic E-state index is 12.3. The Labute approximate surface area is 119 Å². The molecule has 2 aliphatic rings. The number of hydrogen-bond acceptors (Lipinski definition) is 3. The van der Waals surface area contributed by atoms with E-state index in [1.54, 1.807) is 0 Å². The molecule has 0 radical (unpaired) electrons. The van der Waals surface area contributed by atoms with Gasteiger partial charge in [0.2, 0.25) is 0 Å². The molecule has 0 amide bonds. The van der Waals surface area contributed by atoms with E-state index in [9.17, 15) is 13.2 Å². The number of halogens is 3. The van der Waals surface area contributed by atoms with Crippen molar-refractivity contribution in [3.05, 3.63) is 0 Å². The van der Waals surface area contributed by atoms with Crippen molar-refractivity contribution in [2.24, 2.45) is 11.7 Å². The van der Waals surface area contributed by atoms with Crippen LogP contribution in [0.1, 0.15) is 32.1 Å². The van der Waals surface area contributed by atoms with Gasteiger partial charge in [0.05, 0.1) is 6.54 Å². The second-order valence-corrected chi connectivity index (χ2v) is 6.25. The molecule has 6 heteroatoms. The number of hydrogen-bond donors (Lipinski definition) is 1. The molecule has 1 aliphatic carbocycles. The highest BCUT2D eigenvalue weighted by atomic mass is 19.4. The fourth-order valence-electron chi connectivity index (χ4n) is 3.35. The molecule has 3 nitrogen and oxygen atoms in total. The van der Waals surface area contributed by atoms with Crippen LogP contribution in [0.5, 0.6) is 0 Å². The lowest BCUT2D eigenvalue weighted by Crippen LogP contribution is -2.51. The van der Waals surface area contributed by atoms with Crippen molar-refractivity contribution in [3.8, 4) is 0 Å². The first-order chi connectivity index (χ1) is 9.44. The summed E-state index contributed by atoms with van der Waals surface area (Å²) >= 11 is 0. The first kappa shape index (κ1) is 16.0. The molecular weight excluding hydrogens is 267 g/mol. The molecule has 20 heavy (non-hydrogen) atoms. The summed E-state index contributed by atoms with van der Waals surface area (Å²) in [6.45, 7) is 2.69. The highest BCUT2D eigenvalue weighted by Gasteiger charge is 2.32. The predicted octanol–water partition coefficient (Wildman–Crippen LogP) is 2.07. The van der Waals surface area contributed by atoms with Crippen LogP contribution in [0.4, 0.5) is 13.2 Å². The Kier molecular flexibility index (Phi) is 5.69. The third-order valence-electron chi connectivity index (χ3n) is 4.58. The van der Waals surface area contributed by atoms with Gasteiger partial charge in [-0.3, -0.25) is 4.90 Å². The van der Waals surface area contributed by atoms with Crippen molar-refractivity contribution in [2.45, 2.75) is 44.3 Å². The van der Waals surface area contributed by atoms with E-state index in [4.69, 9.17) is 5.73 Å². The van der Waals surface area contributed by atoms with Crippen LogP contribution in [0.2, 0.25) is 0 Å². The van der Waals surface area contributed by atoms with Gasteiger partial charge >= 0.3 is 6.18 Å². The third kappa shape index (κ3) is 5.22. The standard InChI is InChI=1S/C14H26F3N3/c15-14(16,17)11-20-8-6-19(7-9-20)10-12-4-2-1-3-5-13(12)18/h12-13H,1-11,18H2. The normalized spacial score (nSPS) is 31.2. The van der Waals surface area contributed by atoms with Gasteiger partial charge in [-0.15, -0.1) is 0 Å². The molecule has 2 unspecified atom stereocenters. The van der Waals surface area contributed by atoms with Crippen molar-refractivity contribution in [2.75, 3.05) is 39.3 Å². The van der Waals surface area contributed by atoms with Crippen LogP contribution in [-0.4, -0.2) is 61.3 Å². The van der Waals surface area contributed by atoms with Crippen molar-refractivity contribution >= 4 is 0 Å². The fourth-order valence-corrected chi connectivity index (χ4v) is 3.35. The Morgan fingerprint density at radius 1 is 0.900 bits per heavy atom. The maximum atomic E-state index is 12.3. The molecule has 2 N–H and O–H groups in total. The molecule has 0 aromatic rings. The molecule has 1 heterocycles. The van der Waals surface area contributed by atoms with E-state index < -0.39 is 12.7 Å². The number of nitrogens with zero attached hydrogens (tertiary/aromatic N) is 2. The van der Waals surface area contributed by atoms with Gasteiger partial charge in [-0.25, -0.2) is 0 Å². The molecule has 2 rings (SSSR count). The number of rotatable bonds is 3. The summed E-state index contributed by atoms with van der Waals surface area (Å²) in [5.74, 6) is 0.520. The minimum Gasteiger partial charge on any atom is -0.327 e. The Bertz CT molecular complexity index is 288. The minimum atomic E-state index is -4.08. The smallest absolute Gasteiger partial charge is 0.327 e. The zero-order valence-electron chi connectivity index (χ0n) is 12.0. The first-order valence-corrected chi connectivity index (χ1v) is 7.71. The Morgan fingerprint density at radius 3 is 2.15 bits per heavy atom. The Morgan fingerprint density at radius 2 is 1.50 bits per heavy atom. The molecule has 1 aliphatic heterocycles. The quantitative estimate of drug-likeness (QED) is 0.809.